The number of carbonyl (C=O) groups is 2. The molecule has 0 radical (unpaired) electrons. The quantitative estimate of drug-likeness (QED) is 0.633. The molecule has 4 N–H and O–H groups in total. The highest BCUT2D eigenvalue weighted by molar-refractivity contribution is 5.90. The van der Waals surface area contributed by atoms with Gasteiger partial charge in [0.15, 0.2) is 0 Å². The van der Waals surface area contributed by atoms with Crippen LogP contribution >= 0.6 is 0 Å². The van der Waals surface area contributed by atoms with Crippen LogP contribution in [-0.2, 0) is 0 Å². The van der Waals surface area contributed by atoms with Crippen molar-refractivity contribution in [3.05, 3.63) is 60.2 Å². The van der Waals surface area contributed by atoms with Crippen LogP contribution in [-0.4, -0.2) is 24.1 Å². The van der Waals surface area contributed by atoms with E-state index in [1.807, 2.05) is 0 Å². The number of urea groups is 2. The van der Waals surface area contributed by atoms with Crippen LogP contribution in [0.5, 0.6) is 0 Å². The molecular formula is C20H22F2N4O2. The van der Waals surface area contributed by atoms with Gasteiger partial charge in [-0.25, -0.2) is 18.4 Å². The molecule has 0 saturated heterocycles. The molecule has 1 fully saturated rings. The van der Waals surface area contributed by atoms with Crippen molar-refractivity contribution in [3.8, 4) is 0 Å². The van der Waals surface area contributed by atoms with Crippen LogP contribution in [0.3, 0.4) is 0 Å². The van der Waals surface area contributed by atoms with Gasteiger partial charge in [-0.1, -0.05) is 12.8 Å². The Bertz CT molecular complexity index is 742. The Morgan fingerprint density at radius 3 is 1.39 bits per heavy atom. The molecule has 0 aromatic heterocycles. The average molecular weight is 388 g/mol. The lowest BCUT2D eigenvalue weighted by atomic mass is 9.90. The normalized spacial score (nSPS) is 18.8. The van der Waals surface area contributed by atoms with Crippen LogP contribution in [0.4, 0.5) is 29.7 Å². The van der Waals surface area contributed by atoms with E-state index < -0.39 is 12.1 Å². The van der Waals surface area contributed by atoms with E-state index in [1.165, 1.54) is 48.5 Å². The van der Waals surface area contributed by atoms with Crippen LogP contribution < -0.4 is 21.3 Å². The summed E-state index contributed by atoms with van der Waals surface area (Å²) in [6.45, 7) is 0. The van der Waals surface area contributed by atoms with Gasteiger partial charge in [0.05, 0.1) is 12.1 Å². The second kappa shape index (κ2) is 9.16. The fourth-order valence-electron chi connectivity index (χ4n) is 3.21. The van der Waals surface area contributed by atoms with Crippen molar-refractivity contribution < 1.29 is 18.4 Å². The molecule has 1 saturated carbocycles. The first-order valence-electron chi connectivity index (χ1n) is 9.16. The molecule has 2 aromatic carbocycles. The summed E-state index contributed by atoms with van der Waals surface area (Å²) in [5, 5.41) is 11.1. The third-order valence-electron chi connectivity index (χ3n) is 4.60. The molecule has 28 heavy (non-hydrogen) atoms. The Labute approximate surface area is 161 Å². The molecule has 0 heterocycles. The monoisotopic (exact) mass is 388 g/mol. The maximum absolute atomic E-state index is 13.0. The highest BCUT2D eigenvalue weighted by Gasteiger charge is 2.28. The fourth-order valence-corrected chi connectivity index (χ4v) is 3.21. The van der Waals surface area contributed by atoms with Gasteiger partial charge in [0.25, 0.3) is 0 Å². The zero-order valence-corrected chi connectivity index (χ0v) is 15.2. The molecular weight excluding hydrogens is 366 g/mol. The molecule has 0 spiro atoms. The summed E-state index contributed by atoms with van der Waals surface area (Å²) in [5.41, 5.74) is 0.960. The summed E-state index contributed by atoms with van der Waals surface area (Å²) >= 11 is 0. The lowest BCUT2D eigenvalue weighted by Crippen LogP contribution is -2.54. The zero-order chi connectivity index (χ0) is 19.9. The van der Waals surface area contributed by atoms with Gasteiger partial charge in [-0.2, -0.15) is 0 Å². The lowest BCUT2D eigenvalue weighted by molar-refractivity contribution is 0.225. The maximum atomic E-state index is 13.0. The molecule has 1 aliphatic rings. The van der Waals surface area contributed by atoms with Crippen molar-refractivity contribution in [2.45, 2.75) is 37.8 Å². The van der Waals surface area contributed by atoms with E-state index in [1.54, 1.807) is 0 Å². The molecule has 3 rings (SSSR count). The number of hydrogen-bond donors (Lipinski definition) is 4. The van der Waals surface area contributed by atoms with Crippen molar-refractivity contribution in [1.29, 1.82) is 0 Å². The van der Waals surface area contributed by atoms with E-state index in [9.17, 15) is 18.4 Å². The Hall–Kier alpha value is -3.16. The van der Waals surface area contributed by atoms with E-state index in [-0.39, 0.29) is 23.7 Å². The predicted octanol–water partition coefficient (Wildman–Crippen LogP) is 4.22. The topological polar surface area (TPSA) is 82.3 Å². The van der Waals surface area contributed by atoms with Gasteiger partial charge in [0, 0.05) is 11.4 Å². The minimum absolute atomic E-state index is 0.229. The number of benzene rings is 2. The number of rotatable bonds is 4. The number of halogens is 2. The number of nitrogens with one attached hydrogen (secondary N) is 4. The minimum Gasteiger partial charge on any atom is -0.333 e. The largest absolute Gasteiger partial charge is 0.333 e. The van der Waals surface area contributed by atoms with Gasteiger partial charge >= 0.3 is 12.1 Å². The van der Waals surface area contributed by atoms with E-state index in [0.717, 1.165) is 25.7 Å². The van der Waals surface area contributed by atoms with Crippen LogP contribution in [0.1, 0.15) is 25.7 Å². The van der Waals surface area contributed by atoms with Gasteiger partial charge in [0.1, 0.15) is 11.6 Å². The first-order valence-corrected chi connectivity index (χ1v) is 9.16. The van der Waals surface area contributed by atoms with E-state index >= 15 is 0 Å². The second-order valence-electron chi connectivity index (χ2n) is 6.71. The van der Waals surface area contributed by atoms with Crippen LogP contribution in [0.2, 0.25) is 0 Å². The molecule has 2 atom stereocenters. The van der Waals surface area contributed by atoms with E-state index in [0.29, 0.717) is 11.4 Å². The average Bonchev–Trinajstić information content (AvgIpc) is 2.67. The summed E-state index contributed by atoms with van der Waals surface area (Å²) in [4.78, 5) is 24.5. The fraction of sp³-hybridized carbons (Fsp3) is 0.300. The van der Waals surface area contributed by atoms with Crippen LogP contribution in [0.15, 0.2) is 48.5 Å². The third kappa shape index (κ3) is 5.67. The Morgan fingerprint density at radius 1 is 0.679 bits per heavy atom. The SMILES string of the molecule is O=C(Nc1ccc(F)cc1)N[C@@H]1CCCC[C@H]1NC(=O)Nc1ccc(F)cc1. The van der Waals surface area contributed by atoms with Gasteiger partial charge in [-0.3, -0.25) is 0 Å². The first-order chi connectivity index (χ1) is 13.5. The zero-order valence-electron chi connectivity index (χ0n) is 15.2. The molecule has 2 aromatic rings. The van der Waals surface area contributed by atoms with Gasteiger partial charge in [0.2, 0.25) is 0 Å². The summed E-state index contributed by atoms with van der Waals surface area (Å²) in [6, 6.07) is 9.67. The highest BCUT2D eigenvalue weighted by atomic mass is 19.1. The van der Waals surface area contributed by atoms with Gasteiger partial charge < -0.3 is 21.3 Å². The van der Waals surface area contributed by atoms with Crippen molar-refractivity contribution in [2.75, 3.05) is 10.6 Å². The second-order valence-corrected chi connectivity index (χ2v) is 6.71. The molecule has 8 heteroatoms. The molecule has 0 aliphatic heterocycles. The smallest absolute Gasteiger partial charge is 0.319 e. The number of anilines is 2. The maximum Gasteiger partial charge on any atom is 0.319 e. The first kappa shape index (κ1) is 19.6. The third-order valence-corrected chi connectivity index (χ3v) is 4.60. The summed E-state index contributed by atoms with van der Waals surface area (Å²) in [6.07, 6.45) is 3.36. The molecule has 0 unspecified atom stereocenters. The highest BCUT2D eigenvalue weighted by Crippen LogP contribution is 2.19. The predicted molar refractivity (Wildman–Crippen MR) is 103 cm³/mol. The molecule has 0 bridgehead atoms. The summed E-state index contributed by atoms with van der Waals surface area (Å²) < 4.78 is 25.9. The molecule has 148 valence electrons. The Kier molecular flexibility index (Phi) is 6.41. The Morgan fingerprint density at radius 2 is 1.04 bits per heavy atom. The molecule has 1 aliphatic carbocycles. The van der Waals surface area contributed by atoms with Crippen LogP contribution in [0.25, 0.3) is 0 Å². The van der Waals surface area contributed by atoms with E-state index in [2.05, 4.69) is 21.3 Å². The molecule has 6 nitrogen and oxygen atoms in total. The van der Waals surface area contributed by atoms with Crippen molar-refractivity contribution in [3.63, 3.8) is 0 Å². The number of carbonyl (C=O) groups excluding carboxylic acids is 2. The minimum atomic E-state index is -0.413. The van der Waals surface area contributed by atoms with Gasteiger partial charge in [-0.15, -0.1) is 0 Å². The van der Waals surface area contributed by atoms with E-state index in [4.69, 9.17) is 0 Å². The van der Waals surface area contributed by atoms with Crippen molar-refractivity contribution in [1.82, 2.24) is 10.6 Å². The van der Waals surface area contributed by atoms with Crippen molar-refractivity contribution in [2.24, 2.45) is 0 Å². The Balaban J connectivity index is 1.54. The lowest BCUT2D eigenvalue weighted by Gasteiger charge is -2.32. The summed E-state index contributed by atoms with van der Waals surface area (Å²) in [5.74, 6) is -0.760. The van der Waals surface area contributed by atoms with Crippen molar-refractivity contribution >= 4 is 23.4 Å². The van der Waals surface area contributed by atoms with Crippen LogP contribution in [0, 0.1) is 11.6 Å². The number of hydrogen-bond acceptors (Lipinski definition) is 2. The number of amides is 4. The standard InChI is InChI=1S/C20H22F2N4O2/c21-13-5-9-15(10-6-13)23-19(27)25-17-3-1-2-4-18(17)26-20(28)24-16-11-7-14(22)8-12-16/h5-12,17-18H,1-4H2,(H2,23,25,27)(H2,24,26,28)/t17-,18-/m1/s1. The summed E-state index contributed by atoms with van der Waals surface area (Å²) in [7, 11) is 0. The van der Waals surface area contributed by atoms with Gasteiger partial charge in [-0.05, 0) is 61.4 Å². The molecule has 4 amide bonds.